The molecule has 106 valence electrons. The Hall–Kier alpha value is -1.35. The van der Waals surface area contributed by atoms with Crippen molar-refractivity contribution in [3.8, 4) is 0 Å². The Kier molecular flexibility index (Phi) is 2.53. The Morgan fingerprint density at radius 2 is 2.25 bits per heavy atom. The fourth-order valence-electron chi connectivity index (χ4n) is 5.09. The first kappa shape index (κ1) is 12.4. The maximum Gasteiger partial charge on any atom is 0.248 e. The van der Waals surface area contributed by atoms with Gasteiger partial charge in [-0.3, -0.25) is 9.69 Å². The lowest BCUT2D eigenvalue weighted by molar-refractivity contribution is -0.0275. The summed E-state index contributed by atoms with van der Waals surface area (Å²) in [4.78, 5) is 17.3. The van der Waals surface area contributed by atoms with Crippen LogP contribution < -0.4 is 5.56 Å². The maximum atomic E-state index is 11.7. The largest absolute Gasteiger partial charge is 0.326 e. The lowest BCUT2D eigenvalue weighted by Crippen LogP contribution is -2.59. The van der Waals surface area contributed by atoms with Crippen LogP contribution in [-0.2, 0) is 12.0 Å². The molecule has 3 heteroatoms. The number of pyridine rings is 1. The average Bonchev–Trinajstić information content (AvgIpc) is 2.39. The second kappa shape index (κ2) is 4.08. The number of nitrogens with zero attached hydrogens (tertiary/aromatic N) is 1. The number of nitrogens with one attached hydrogen (secondary N) is 1. The van der Waals surface area contributed by atoms with Crippen molar-refractivity contribution in [1.29, 1.82) is 0 Å². The lowest BCUT2D eigenvalue weighted by atomic mass is 9.56. The average molecular weight is 270 g/mol. The van der Waals surface area contributed by atoms with Gasteiger partial charge < -0.3 is 4.98 Å². The summed E-state index contributed by atoms with van der Waals surface area (Å²) in [5.41, 5.74) is 4.23. The van der Waals surface area contributed by atoms with Gasteiger partial charge in [-0.1, -0.05) is 11.6 Å². The highest BCUT2D eigenvalue weighted by Gasteiger charge is 2.54. The van der Waals surface area contributed by atoms with Crippen LogP contribution in [0.1, 0.15) is 37.4 Å². The quantitative estimate of drug-likeness (QED) is 0.735. The number of hydrogen-bond donors (Lipinski definition) is 1. The first-order valence-electron chi connectivity index (χ1n) is 7.72. The number of hydrogen-bond acceptors (Lipinski definition) is 2. The van der Waals surface area contributed by atoms with Crippen LogP contribution in [0.15, 0.2) is 28.6 Å². The summed E-state index contributed by atoms with van der Waals surface area (Å²) in [5, 5.41) is 0. The van der Waals surface area contributed by atoms with Gasteiger partial charge >= 0.3 is 0 Å². The second-order valence-corrected chi connectivity index (χ2v) is 6.87. The zero-order valence-corrected chi connectivity index (χ0v) is 12.3. The van der Waals surface area contributed by atoms with Gasteiger partial charge in [0, 0.05) is 11.8 Å². The van der Waals surface area contributed by atoms with Crippen molar-refractivity contribution in [3.05, 3.63) is 45.4 Å². The topological polar surface area (TPSA) is 36.1 Å². The van der Waals surface area contributed by atoms with Gasteiger partial charge in [-0.05, 0) is 69.7 Å². The molecular weight excluding hydrogens is 248 g/mol. The van der Waals surface area contributed by atoms with E-state index in [9.17, 15) is 4.79 Å². The molecule has 3 nitrogen and oxygen atoms in total. The molecule has 1 fully saturated rings. The van der Waals surface area contributed by atoms with Crippen LogP contribution in [0.3, 0.4) is 0 Å². The van der Waals surface area contributed by atoms with E-state index in [-0.39, 0.29) is 11.1 Å². The molecule has 1 aliphatic heterocycles. The Labute approximate surface area is 119 Å². The minimum absolute atomic E-state index is 0.0378. The standard InChI is InChI=1S/C17H22N2O/c1-11-8-12-9-15-14(5-6-16(20)18-15)17(10-11)13(12)4-3-7-19(17)2/h5-6,8,12-13H,3-4,7,9-10H2,1-2H3,(H,18,20)/t12-,13-,17-/m1/s1. The number of piperidine rings is 1. The molecule has 0 spiro atoms. The molecule has 0 saturated carbocycles. The van der Waals surface area contributed by atoms with Crippen LogP contribution in [0, 0.1) is 11.8 Å². The molecule has 4 rings (SSSR count). The zero-order chi connectivity index (χ0) is 13.9. The molecule has 0 amide bonds. The third-order valence-electron chi connectivity index (χ3n) is 5.77. The van der Waals surface area contributed by atoms with Crippen LogP contribution in [0.2, 0.25) is 0 Å². The summed E-state index contributed by atoms with van der Waals surface area (Å²) in [6.45, 7) is 3.43. The van der Waals surface area contributed by atoms with Gasteiger partial charge in [-0.25, -0.2) is 0 Å². The van der Waals surface area contributed by atoms with Gasteiger partial charge in [0.1, 0.15) is 0 Å². The van der Waals surface area contributed by atoms with Crippen molar-refractivity contribution >= 4 is 0 Å². The molecule has 3 atom stereocenters. The van der Waals surface area contributed by atoms with Gasteiger partial charge in [0.25, 0.3) is 0 Å². The Morgan fingerprint density at radius 3 is 3.10 bits per heavy atom. The molecule has 0 radical (unpaired) electrons. The molecule has 2 bridgehead atoms. The minimum Gasteiger partial charge on any atom is -0.326 e. The molecule has 0 aromatic carbocycles. The van der Waals surface area contributed by atoms with Crippen LogP contribution in [0.25, 0.3) is 0 Å². The second-order valence-electron chi connectivity index (χ2n) is 6.87. The first-order valence-corrected chi connectivity index (χ1v) is 7.72. The SMILES string of the molecule is CC1=C[C@@H]2Cc3[nH]c(=O)ccc3[C@@]3(C1)[C@@H]2CCCN3C. The van der Waals surface area contributed by atoms with Crippen LogP contribution in [0.5, 0.6) is 0 Å². The number of allylic oxidation sites excluding steroid dienone is 1. The van der Waals surface area contributed by atoms with Crippen molar-refractivity contribution in [1.82, 2.24) is 9.88 Å². The maximum absolute atomic E-state index is 11.7. The van der Waals surface area contributed by atoms with Crippen molar-refractivity contribution in [3.63, 3.8) is 0 Å². The Bertz CT molecular complexity index is 645. The molecule has 0 unspecified atom stereocenters. The molecule has 2 aliphatic carbocycles. The van der Waals surface area contributed by atoms with E-state index in [1.807, 2.05) is 0 Å². The van der Waals surface area contributed by atoms with Crippen LogP contribution >= 0.6 is 0 Å². The van der Waals surface area contributed by atoms with Gasteiger partial charge in [-0.15, -0.1) is 0 Å². The Morgan fingerprint density at radius 1 is 1.40 bits per heavy atom. The third-order valence-corrected chi connectivity index (χ3v) is 5.77. The number of likely N-dealkylation sites (tertiary alicyclic amines) is 1. The van der Waals surface area contributed by atoms with E-state index in [2.05, 4.69) is 36.0 Å². The highest BCUT2D eigenvalue weighted by molar-refractivity contribution is 5.39. The Balaban J connectivity index is 1.98. The highest BCUT2D eigenvalue weighted by Crippen LogP contribution is 2.55. The fourth-order valence-corrected chi connectivity index (χ4v) is 5.09. The lowest BCUT2D eigenvalue weighted by Gasteiger charge is -2.58. The molecule has 1 saturated heterocycles. The first-order chi connectivity index (χ1) is 9.61. The molecule has 1 N–H and O–H groups in total. The molecular formula is C17H22N2O. The fraction of sp³-hybridized carbons (Fsp3) is 0.588. The van der Waals surface area contributed by atoms with E-state index >= 15 is 0 Å². The summed E-state index contributed by atoms with van der Waals surface area (Å²) >= 11 is 0. The van der Waals surface area contributed by atoms with Gasteiger partial charge in [0.15, 0.2) is 0 Å². The number of rotatable bonds is 0. The normalized spacial score (nSPS) is 36.0. The third kappa shape index (κ3) is 1.47. The van der Waals surface area contributed by atoms with E-state index in [1.54, 1.807) is 6.07 Å². The van der Waals surface area contributed by atoms with Crippen molar-refractivity contribution in [2.45, 2.75) is 38.1 Å². The van der Waals surface area contributed by atoms with Crippen molar-refractivity contribution in [2.75, 3.05) is 13.6 Å². The summed E-state index contributed by atoms with van der Waals surface area (Å²) in [6.07, 6.45) is 7.20. The van der Waals surface area contributed by atoms with E-state index in [0.29, 0.717) is 11.8 Å². The number of H-pyrrole nitrogens is 1. The summed E-state index contributed by atoms with van der Waals surface area (Å²) in [5.74, 6) is 1.31. The predicted octanol–water partition coefficient (Wildman–Crippen LogP) is 2.43. The molecule has 2 heterocycles. The van der Waals surface area contributed by atoms with E-state index in [1.165, 1.54) is 29.7 Å². The molecule has 20 heavy (non-hydrogen) atoms. The van der Waals surface area contributed by atoms with E-state index in [0.717, 1.165) is 19.4 Å². The van der Waals surface area contributed by atoms with Crippen molar-refractivity contribution in [2.24, 2.45) is 11.8 Å². The van der Waals surface area contributed by atoms with E-state index in [4.69, 9.17) is 0 Å². The van der Waals surface area contributed by atoms with Gasteiger partial charge in [0.2, 0.25) is 5.56 Å². The van der Waals surface area contributed by atoms with Gasteiger partial charge in [0.05, 0.1) is 5.54 Å². The molecule has 1 aromatic rings. The van der Waals surface area contributed by atoms with Crippen molar-refractivity contribution < 1.29 is 0 Å². The highest BCUT2D eigenvalue weighted by atomic mass is 16.1. The summed E-state index contributed by atoms with van der Waals surface area (Å²) in [7, 11) is 2.27. The minimum atomic E-state index is 0.0378. The smallest absolute Gasteiger partial charge is 0.248 e. The summed E-state index contributed by atoms with van der Waals surface area (Å²) in [6, 6.07) is 3.80. The molecule has 3 aliphatic rings. The van der Waals surface area contributed by atoms with E-state index < -0.39 is 0 Å². The number of aromatic nitrogens is 1. The number of fused-ring (bicyclic) bond motifs is 1. The summed E-state index contributed by atoms with van der Waals surface area (Å²) < 4.78 is 0. The monoisotopic (exact) mass is 270 g/mol. The zero-order valence-electron chi connectivity index (χ0n) is 12.3. The van der Waals surface area contributed by atoms with Gasteiger partial charge in [-0.2, -0.15) is 0 Å². The van der Waals surface area contributed by atoms with Crippen LogP contribution in [-0.4, -0.2) is 23.5 Å². The predicted molar refractivity (Wildman–Crippen MR) is 79.7 cm³/mol. The number of aromatic amines is 1. The molecule has 1 aromatic heterocycles. The van der Waals surface area contributed by atoms with Crippen LogP contribution in [0.4, 0.5) is 0 Å².